The molecule has 0 aromatic heterocycles. The van der Waals surface area contributed by atoms with Gasteiger partial charge in [-0.2, -0.15) is 0 Å². The topological polar surface area (TPSA) is 83.3 Å². The Labute approximate surface area is 129 Å². The molecule has 1 aromatic rings. The zero-order valence-electron chi connectivity index (χ0n) is 10.9. The first-order valence-electron chi connectivity index (χ1n) is 4.98. The molecule has 1 aromatic carbocycles. The Balaban J connectivity index is 0.00000289. The Morgan fingerprint density at radius 1 is 1.28 bits per heavy atom. The predicted octanol–water partition coefficient (Wildman–Crippen LogP) is -1.68. The van der Waals surface area contributed by atoms with E-state index in [1.165, 1.54) is 24.4 Å². The van der Waals surface area contributed by atoms with E-state index in [-0.39, 0.29) is 34.5 Å². The maximum Gasteiger partial charge on any atom is 1.00 e. The Bertz CT molecular complexity index is 546. The molecule has 0 amide bonds. The summed E-state index contributed by atoms with van der Waals surface area (Å²) < 4.78 is 33.1. The molecule has 0 N–H and O–H groups in total. The molecule has 0 saturated heterocycles. The quantitative estimate of drug-likeness (QED) is 0.162. The first-order valence-corrected chi connectivity index (χ1v) is 6.39. The second-order valence-corrected chi connectivity index (χ2v) is 6.03. The molecule has 18 heavy (non-hydrogen) atoms. The van der Waals surface area contributed by atoms with Crippen LogP contribution in [0, 0.1) is 5.21 Å². The maximum absolute atomic E-state index is 11.6. The molecule has 0 aliphatic carbocycles. The van der Waals surface area contributed by atoms with Crippen molar-refractivity contribution in [1.82, 2.24) is 0 Å². The van der Waals surface area contributed by atoms with Gasteiger partial charge in [0.05, 0.1) is 4.90 Å². The van der Waals surface area contributed by atoms with Crippen LogP contribution in [0.3, 0.4) is 0 Å². The van der Waals surface area contributed by atoms with Crippen LogP contribution in [-0.2, 0) is 10.1 Å². The molecule has 0 bridgehead atoms. The van der Waals surface area contributed by atoms with Gasteiger partial charge in [0, 0.05) is 26.3 Å². The van der Waals surface area contributed by atoms with Gasteiger partial charge in [-0.25, -0.2) is 13.2 Å². The van der Waals surface area contributed by atoms with Crippen molar-refractivity contribution >= 4 is 16.3 Å². The van der Waals surface area contributed by atoms with Gasteiger partial charge in [0.15, 0.2) is 11.8 Å². The van der Waals surface area contributed by atoms with Crippen molar-refractivity contribution < 1.29 is 47.3 Å². The SMILES string of the molecule is CC(C)(C)[N+]([O-])=Cc1cccc(S(=O)(=O)[O-])c1.[Na+]. The fraction of sp³-hybridized carbons (Fsp3) is 0.364. The third-order valence-electron chi connectivity index (χ3n) is 2.07. The molecule has 0 fully saturated rings. The molecule has 1 rings (SSSR count). The Morgan fingerprint density at radius 3 is 2.28 bits per heavy atom. The number of hydrogen-bond donors (Lipinski definition) is 0. The van der Waals surface area contributed by atoms with Crippen molar-refractivity contribution in [2.75, 3.05) is 0 Å². The second kappa shape index (κ2) is 6.16. The third-order valence-corrected chi connectivity index (χ3v) is 2.91. The van der Waals surface area contributed by atoms with Gasteiger partial charge >= 0.3 is 29.6 Å². The number of benzene rings is 1. The first kappa shape index (κ1) is 17.6. The fourth-order valence-corrected chi connectivity index (χ4v) is 1.61. The molecule has 0 aliphatic rings. The summed E-state index contributed by atoms with van der Waals surface area (Å²) in [6, 6.07) is 5.36. The van der Waals surface area contributed by atoms with Crippen LogP contribution in [-0.4, -0.2) is 29.5 Å². The average Bonchev–Trinajstić information content (AvgIpc) is 2.15. The molecule has 0 radical (unpaired) electrons. The minimum atomic E-state index is -4.49. The van der Waals surface area contributed by atoms with Gasteiger partial charge < -0.3 is 9.76 Å². The van der Waals surface area contributed by atoms with E-state index in [1.807, 2.05) is 0 Å². The van der Waals surface area contributed by atoms with Crippen LogP contribution in [0.4, 0.5) is 0 Å². The van der Waals surface area contributed by atoms with Crippen molar-refractivity contribution in [3.05, 3.63) is 35.0 Å². The molecule has 0 saturated carbocycles. The summed E-state index contributed by atoms with van der Waals surface area (Å²) in [5.41, 5.74) is -0.237. The smallest absolute Gasteiger partial charge is 0.744 e. The normalized spacial score (nSPS) is 13.0. The number of hydrogen-bond acceptors (Lipinski definition) is 4. The zero-order valence-corrected chi connectivity index (χ0v) is 13.7. The van der Waals surface area contributed by atoms with Gasteiger partial charge in [-0.15, -0.1) is 0 Å². The number of rotatable bonds is 2. The van der Waals surface area contributed by atoms with Gasteiger partial charge in [-0.3, -0.25) is 0 Å². The predicted molar refractivity (Wildman–Crippen MR) is 63.0 cm³/mol. The van der Waals surface area contributed by atoms with E-state index in [0.29, 0.717) is 10.3 Å². The van der Waals surface area contributed by atoms with Gasteiger partial charge in [-0.1, -0.05) is 6.07 Å². The van der Waals surface area contributed by atoms with Crippen LogP contribution in [0.2, 0.25) is 0 Å². The minimum Gasteiger partial charge on any atom is -0.744 e. The fourth-order valence-electron chi connectivity index (χ4n) is 1.08. The molecule has 0 spiro atoms. The van der Waals surface area contributed by atoms with E-state index >= 15 is 0 Å². The molecule has 0 heterocycles. The van der Waals surface area contributed by atoms with Crippen molar-refractivity contribution in [3.63, 3.8) is 0 Å². The van der Waals surface area contributed by atoms with E-state index in [4.69, 9.17) is 0 Å². The third kappa shape index (κ3) is 5.07. The monoisotopic (exact) mass is 279 g/mol. The average molecular weight is 279 g/mol. The molecule has 0 aliphatic heterocycles. The summed E-state index contributed by atoms with van der Waals surface area (Å²) in [5, 5.41) is 11.6. The Kier molecular flexibility index (Phi) is 6.03. The molecule has 94 valence electrons. The van der Waals surface area contributed by atoms with E-state index in [2.05, 4.69) is 0 Å². The number of hydroxylamine groups is 1. The standard InChI is InChI=1S/C11H15NO4S.Na/c1-11(2,3)12(13)8-9-5-4-6-10(7-9)17(14,15)16;/h4-8H,1-3H3,(H,14,15,16);/q;+1/p-1. The van der Waals surface area contributed by atoms with Crippen LogP contribution in [0.25, 0.3) is 0 Å². The summed E-state index contributed by atoms with van der Waals surface area (Å²) in [7, 11) is -4.49. The van der Waals surface area contributed by atoms with Crippen molar-refractivity contribution in [2.45, 2.75) is 31.2 Å². The van der Waals surface area contributed by atoms with Crippen LogP contribution < -0.4 is 29.6 Å². The van der Waals surface area contributed by atoms with Crippen molar-refractivity contribution in [2.24, 2.45) is 0 Å². The van der Waals surface area contributed by atoms with Crippen molar-refractivity contribution in [1.29, 1.82) is 0 Å². The van der Waals surface area contributed by atoms with Gasteiger partial charge in [0.1, 0.15) is 10.1 Å². The van der Waals surface area contributed by atoms with Crippen molar-refractivity contribution in [3.8, 4) is 0 Å². The van der Waals surface area contributed by atoms with E-state index in [0.717, 1.165) is 0 Å². The van der Waals surface area contributed by atoms with Crippen LogP contribution in [0.5, 0.6) is 0 Å². The zero-order chi connectivity index (χ0) is 13.3. The van der Waals surface area contributed by atoms with Gasteiger partial charge in [0.2, 0.25) is 0 Å². The minimum absolute atomic E-state index is 0. The Morgan fingerprint density at radius 2 is 1.83 bits per heavy atom. The van der Waals surface area contributed by atoms with E-state index in [1.54, 1.807) is 26.8 Å². The second-order valence-electron chi connectivity index (χ2n) is 4.65. The molecular weight excluding hydrogens is 265 g/mol. The van der Waals surface area contributed by atoms with Crippen LogP contribution in [0.1, 0.15) is 26.3 Å². The summed E-state index contributed by atoms with van der Waals surface area (Å²) in [6.45, 7) is 5.18. The maximum atomic E-state index is 11.6. The largest absolute Gasteiger partial charge is 1.00 e. The Hall–Kier alpha value is -0.400. The molecular formula is C11H14NNaO4S. The molecule has 0 unspecified atom stereocenters. The molecule has 5 nitrogen and oxygen atoms in total. The van der Waals surface area contributed by atoms with E-state index < -0.39 is 15.7 Å². The summed E-state index contributed by atoms with van der Waals surface area (Å²) in [5.74, 6) is 0. The first-order chi connectivity index (χ1) is 7.60. The summed E-state index contributed by atoms with van der Waals surface area (Å²) >= 11 is 0. The molecule has 7 heteroatoms. The van der Waals surface area contributed by atoms with Gasteiger partial charge in [-0.05, 0) is 18.2 Å². The molecule has 0 atom stereocenters. The van der Waals surface area contributed by atoms with Gasteiger partial charge in [0.25, 0.3) is 0 Å². The van der Waals surface area contributed by atoms with Crippen LogP contribution in [0.15, 0.2) is 29.2 Å². The summed E-state index contributed by atoms with van der Waals surface area (Å²) in [4.78, 5) is -0.339. The number of nitrogens with zero attached hydrogens (tertiary/aromatic N) is 1. The van der Waals surface area contributed by atoms with E-state index in [9.17, 15) is 18.2 Å². The van der Waals surface area contributed by atoms with Crippen LogP contribution >= 0.6 is 0 Å². The summed E-state index contributed by atoms with van der Waals surface area (Å²) in [6.07, 6.45) is 1.26.